The molecule has 0 amide bonds. The molecule has 0 aliphatic carbocycles. The van der Waals surface area contributed by atoms with E-state index >= 15 is 0 Å². The summed E-state index contributed by atoms with van der Waals surface area (Å²) in [7, 11) is 0. The predicted octanol–water partition coefficient (Wildman–Crippen LogP) is 2.77. The second-order valence-corrected chi connectivity index (χ2v) is 5.87. The Hall–Kier alpha value is -2.99. The van der Waals surface area contributed by atoms with E-state index in [1.54, 1.807) is 24.3 Å². The maximum Gasteiger partial charge on any atom is 0.261 e. The molecule has 0 saturated carbocycles. The van der Waals surface area contributed by atoms with Gasteiger partial charge in [0, 0.05) is 18.1 Å². The van der Waals surface area contributed by atoms with Crippen molar-refractivity contribution in [1.82, 2.24) is 10.3 Å². The predicted molar refractivity (Wildman–Crippen MR) is 105 cm³/mol. The summed E-state index contributed by atoms with van der Waals surface area (Å²) in [6.45, 7) is 0.639. The van der Waals surface area contributed by atoms with E-state index < -0.39 is 5.56 Å². The Bertz CT molecular complexity index is 981. The number of nitrogens with one attached hydrogen (secondary N) is 2. The van der Waals surface area contributed by atoms with Gasteiger partial charge in [-0.05, 0) is 36.3 Å². The number of nitrogens with zero attached hydrogens (tertiary/aromatic N) is 1. The third kappa shape index (κ3) is 4.10. The lowest BCUT2D eigenvalue weighted by atomic mass is 10.1. The summed E-state index contributed by atoms with van der Waals surface area (Å²) in [6, 6.07) is 17.1. The van der Waals surface area contributed by atoms with Gasteiger partial charge in [-0.2, -0.15) is 0 Å². The van der Waals surface area contributed by atoms with Crippen molar-refractivity contribution in [1.29, 1.82) is 0 Å². The zero-order valence-electron chi connectivity index (χ0n) is 13.4. The lowest BCUT2D eigenvalue weighted by Crippen LogP contribution is -2.23. The molecule has 126 valence electrons. The average molecular weight is 351 g/mol. The van der Waals surface area contributed by atoms with Crippen LogP contribution in [0.4, 0.5) is 0 Å². The third-order valence-electron chi connectivity index (χ3n) is 3.77. The molecule has 25 heavy (non-hydrogen) atoms. The smallest absolute Gasteiger partial charge is 0.261 e. The molecular weight excluding hydrogens is 334 g/mol. The van der Waals surface area contributed by atoms with E-state index in [9.17, 15) is 9.90 Å². The number of benzene rings is 2. The standard InChI is InChI=1S/C19H17N3O2S/c23-17-14-8-4-5-9-16(14)22-18(24)15(17)12-21-19(25)20-11-10-13-6-2-1-3-7-13/h1-9,12H,10-11H2,(H,20,25)(H2,22,23,24)/b21-12+. The maximum atomic E-state index is 12.1. The van der Waals surface area contributed by atoms with Crippen LogP contribution in [0, 0.1) is 0 Å². The summed E-state index contributed by atoms with van der Waals surface area (Å²) < 4.78 is 0. The van der Waals surface area contributed by atoms with E-state index in [4.69, 9.17) is 12.2 Å². The molecule has 5 nitrogen and oxygen atoms in total. The molecule has 3 rings (SSSR count). The van der Waals surface area contributed by atoms with Crippen molar-refractivity contribution in [3.8, 4) is 5.75 Å². The van der Waals surface area contributed by atoms with Crippen LogP contribution in [0.25, 0.3) is 10.9 Å². The Kier molecular flexibility index (Phi) is 5.20. The number of aromatic amines is 1. The van der Waals surface area contributed by atoms with E-state index in [1.807, 2.05) is 30.3 Å². The molecule has 3 N–H and O–H groups in total. The van der Waals surface area contributed by atoms with Gasteiger partial charge in [-0.15, -0.1) is 0 Å². The monoisotopic (exact) mass is 351 g/mol. The van der Waals surface area contributed by atoms with Crippen molar-refractivity contribution in [2.75, 3.05) is 6.54 Å². The molecule has 1 aromatic heterocycles. The highest BCUT2D eigenvalue weighted by atomic mass is 32.1. The van der Waals surface area contributed by atoms with Crippen LogP contribution < -0.4 is 10.9 Å². The number of fused-ring (bicyclic) bond motifs is 1. The van der Waals surface area contributed by atoms with Gasteiger partial charge in [0.15, 0.2) is 5.11 Å². The highest BCUT2D eigenvalue weighted by Gasteiger charge is 2.09. The van der Waals surface area contributed by atoms with Crippen molar-refractivity contribution >= 4 is 34.4 Å². The molecule has 0 unspecified atom stereocenters. The van der Waals surface area contributed by atoms with Gasteiger partial charge in [-0.25, -0.2) is 4.99 Å². The third-order valence-corrected chi connectivity index (χ3v) is 4.02. The number of hydrogen-bond donors (Lipinski definition) is 3. The van der Waals surface area contributed by atoms with Crippen LogP contribution in [-0.2, 0) is 6.42 Å². The van der Waals surface area contributed by atoms with E-state index in [-0.39, 0.29) is 16.4 Å². The van der Waals surface area contributed by atoms with Crippen LogP contribution in [0.1, 0.15) is 11.1 Å². The summed E-state index contributed by atoms with van der Waals surface area (Å²) in [5, 5.41) is 14.1. The molecular formula is C19H17N3O2S. The van der Waals surface area contributed by atoms with Crippen molar-refractivity contribution in [3.63, 3.8) is 0 Å². The quantitative estimate of drug-likeness (QED) is 0.499. The molecule has 0 atom stereocenters. The summed E-state index contributed by atoms with van der Waals surface area (Å²) in [5.74, 6) is -0.102. The Morgan fingerprint density at radius 3 is 2.68 bits per heavy atom. The number of hydrogen-bond acceptors (Lipinski definition) is 3. The Morgan fingerprint density at radius 1 is 1.16 bits per heavy atom. The van der Waals surface area contributed by atoms with E-state index in [1.165, 1.54) is 11.8 Å². The second kappa shape index (κ2) is 7.72. The van der Waals surface area contributed by atoms with Crippen LogP contribution in [0.5, 0.6) is 5.75 Å². The molecule has 0 aliphatic rings. The first-order valence-electron chi connectivity index (χ1n) is 7.85. The van der Waals surface area contributed by atoms with Crippen molar-refractivity contribution in [2.45, 2.75) is 6.42 Å². The van der Waals surface area contributed by atoms with Crippen LogP contribution >= 0.6 is 12.2 Å². The first-order valence-corrected chi connectivity index (χ1v) is 8.26. The molecule has 2 aromatic carbocycles. The normalized spacial score (nSPS) is 11.0. The lowest BCUT2D eigenvalue weighted by Gasteiger charge is -2.05. The summed E-state index contributed by atoms with van der Waals surface area (Å²) >= 11 is 5.15. The molecule has 6 heteroatoms. The number of aromatic hydroxyl groups is 1. The zero-order valence-corrected chi connectivity index (χ0v) is 14.2. The molecule has 0 bridgehead atoms. The van der Waals surface area contributed by atoms with Crippen LogP contribution in [0.3, 0.4) is 0 Å². The Morgan fingerprint density at radius 2 is 1.88 bits per heavy atom. The van der Waals surface area contributed by atoms with Gasteiger partial charge in [-0.1, -0.05) is 42.5 Å². The fourth-order valence-electron chi connectivity index (χ4n) is 2.49. The molecule has 3 aromatic rings. The van der Waals surface area contributed by atoms with Crippen molar-refractivity contribution < 1.29 is 5.11 Å². The number of para-hydroxylation sites is 1. The highest BCUT2D eigenvalue weighted by molar-refractivity contribution is 7.80. The minimum atomic E-state index is -0.410. The largest absolute Gasteiger partial charge is 0.506 e. The van der Waals surface area contributed by atoms with Gasteiger partial charge in [0.2, 0.25) is 0 Å². The summed E-state index contributed by atoms with van der Waals surface area (Å²) in [6.07, 6.45) is 2.11. The van der Waals surface area contributed by atoms with Gasteiger partial charge >= 0.3 is 0 Å². The first kappa shape index (κ1) is 16.9. The zero-order chi connectivity index (χ0) is 17.6. The van der Waals surface area contributed by atoms with Gasteiger partial charge in [0.25, 0.3) is 5.56 Å². The number of H-pyrrole nitrogens is 1. The Labute approximate surface area is 150 Å². The van der Waals surface area contributed by atoms with Crippen LogP contribution in [0.15, 0.2) is 64.4 Å². The van der Waals surface area contributed by atoms with Crippen molar-refractivity contribution in [2.24, 2.45) is 4.99 Å². The number of aliphatic imine (C=N–C) groups is 1. The molecule has 0 radical (unpaired) electrons. The molecule has 1 heterocycles. The van der Waals surface area contributed by atoms with Gasteiger partial charge in [-0.3, -0.25) is 4.79 Å². The molecule has 0 saturated heterocycles. The summed E-state index contributed by atoms with van der Waals surface area (Å²) in [5.41, 5.74) is 1.45. The molecule has 0 fully saturated rings. The number of rotatable bonds is 4. The topological polar surface area (TPSA) is 77.5 Å². The minimum Gasteiger partial charge on any atom is -0.506 e. The molecule has 0 aliphatic heterocycles. The van der Waals surface area contributed by atoms with Gasteiger partial charge in [0.05, 0.1) is 5.52 Å². The fourth-order valence-corrected chi connectivity index (χ4v) is 2.64. The molecule has 0 spiro atoms. The highest BCUT2D eigenvalue weighted by Crippen LogP contribution is 2.23. The Balaban J connectivity index is 1.68. The van der Waals surface area contributed by atoms with E-state index in [0.717, 1.165) is 6.42 Å². The van der Waals surface area contributed by atoms with E-state index in [2.05, 4.69) is 15.3 Å². The number of pyridine rings is 1. The fraction of sp³-hybridized carbons (Fsp3) is 0.105. The number of aromatic nitrogens is 1. The SMILES string of the molecule is O=c1[nH]c2ccccc2c(O)c1/C=N/C(=S)NCCc1ccccc1. The second-order valence-electron chi connectivity index (χ2n) is 5.49. The van der Waals surface area contributed by atoms with E-state index in [0.29, 0.717) is 17.4 Å². The average Bonchev–Trinajstić information content (AvgIpc) is 2.62. The lowest BCUT2D eigenvalue weighted by molar-refractivity contribution is 0.479. The maximum absolute atomic E-state index is 12.1. The van der Waals surface area contributed by atoms with Gasteiger partial charge < -0.3 is 15.4 Å². The number of thiocarbonyl (C=S) groups is 1. The minimum absolute atomic E-state index is 0.0888. The van der Waals surface area contributed by atoms with Crippen molar-refractivity contribution in [3.05, 3.63) is 76.1 Å². The summed E-state index contributed by atoms with van der Waals surface area (Å²) in [4.78, 5) is 18.9. The van der Waals surface area contributed by atoms with Crippen LogP contribution in [-0.4, -0.2) is 28.0 Å². The van der Waals surface area contributed by atoms with Crippen LogP contribution in [0.2, 0.25) is 0 Å². The first-order chi connectivity index (χ1) is 12.1. The van der Waals surface area contributed by atoms with Gasteiger partial charge in [0.1, 0.15) is 11.3 Å².